The number of hydrogen-bond acceptors (Lipinski definition) is 6. The van der Waals surface area contributed by atoms with Crippen LogP contribution < -0.4 is 5.32 Å². The summed E-state index contributed by atoms with van der Waals surface area (Å²) in [5, 5.41) is 2.24. The molecule has 7 nitrogen and oxygen atoms in total. The van der Waals surface area contributed by atoms with Crippen LogP contribution in [0.2, 0.25) is 0 Å². The summed E-state index contributed by atoms with van der Waals surface area (Å²) in [4.78, 5) is 35.1. The van der Waals surface area contributed by atoms with Gasteiger partial charge in [0.1, 0.15) is 12.4 Å². The lowest BCUT2D eigenvalue weighted by molar-refractivity contribution is -0.141. The fraction of sp³-hybridized carbons (Fsp3) is 0.312. The van der Waals surface area contributed by atoms with Crippen LogP contribution in [-0.2, 0) is 17.1 Å². The number of carbonyl (C=O) groups is 2. The molecule has 0 atom stereocenters. The quantitative estimate of drug-likeness (QED) is 0.441. The van der Waals surface area contributed by atoms with Gasteiger partial charge in [-0.15, -0.1) is 0 Å². The van der Waals surface area contributed by atoms with E-state index < -0.39 is 31.8 Å². The van der Waals surface area contributed by atoms with Crippen molar-refractivity contribution in [1.29, 1.82) is 0 Å². The summed E-state index contributed by atoms with van der Waals surface area (Å²) in [6.45, 7) is 1.35. The smallest absolute Gasteiger partial charge is 0.325 e. The lowest BCUT2D eigenvalue weighted by Crippen LogP contribution is -2.31. The Hall–Kier alpha value is -1.16. The molecule has 0 bridgehead atoms. The van der Waals surface area contributed by atoms with Gasteiger partial charge in [-0.25, -0.2) is 19.3 Å². The van der Waals surface area contributed by atoms with Gasteiger partial charge in [0.25, 0.3) is 5.91 Å². The molecule has 0 radical (unpaired) electrons. The SMILES string of the molecule is CCOC(=O)CNC(=O)c1ccc(-c2nc(C(Cl)(Cl)Cl)nc(C(Cl)(Cl)Cl)n2)cc1F. The van der Waals surface area contributed by atoms with E-state index in [0.29, 0.717) is 0 Å². The van der Waals surface area contributed by atoms with Gasteiger partial charge in [0.05, 0.1) is 12.2 Å². The van der Waals surface area contributed by atoms with Gasteiger partial charge in [0.15, 0.2) is 17.5 Å². The highest BCUT2D eigenvalue weighted by Gasteiger charge is 2.34. The van der Waals surface area contributed by atoms with Gasteiger partial charge in [0, 0.05) is 5.56 Å². The van der Waals surface area contributed by atoms with E-state index in [1.54, 1.807) is 6.92 Å². The minimum Gasteiger partial charge on any atom is -0.465 e. The Morgan fingerprint density at radius 2 is 1.60 bits per heavy atom. The minimum atomic E-state index is -2.08. The maximum absolute atomic E-state index is 14.5. The van der Waals surface area contributed by atoms with Gasteiger partial charge < -0.3 is 10.1 Å². The Bertz CT molecular complexity index is 933. The molecule has 0 fully saturated rings. The number of carbonyl (C=O) groups excluding carboxylic acids is 2. The number of nitrogens with one attached hydrogen (secondary N) is 1. The van der Waals surface area contributed by atoms with Gasteiger partial charge in [-0.05, 0) is 19.1 Å². The van der Waals surface area contributed by atoms with E-state index in [1.807, 2.05) is 0 Å². The number of hydrogen-bond donors (Lipinski definition) is 1. The van der Waals surface area contributed by atoms with E-state index in [1.165, 1.54) is 6.07 Å². The van der Waals surface area contributed by atoms with Crippen LogP contribution in [0.4, 0.5) is 4.39 Å². The van der Waals surface area contributed by atoms with Crippen molar-refractivity contribution in [2.75, 3.05) is 13.2 Å². The fourth-order valence-electron chi connectivity index (χ4n) is 2.06. The van der Waals surface area contributed by atoms with E-state index in [4.69, 9.17) is 69.6 Å². The number of nitrogens with zero attached hydrogens (tertiary/aromatic N) is 3. The Morgan fingerprint density at radius 1 is 1.03 bits per heavy atom. The lowest BCUT2D eigenvalue weighted by atomic mass is 10.1. The molecule has 0 spiro atoms. The van der Waals surface area contributed by atoms with Crippen LogP contribution in [0.25, 0.3) is 11.4 Å². The van der Waals surface area contributed by atoms with Crippen molar-refractivity contribution in [3.63, 3.8) is 0 Å². The summed E-state index contributed by atoms with van der Waals surface area (Å²) in [6, 6.07) is 3.43. The topological polar surface area (TPSA) is 94.1 Å². The Balaban J connectivity index is 2.38. The molecule has 162 valence electrons. The van der Waals surface area contributed by atoms with Crippen LogP contribution >= 0.6 is 69.6 Å². The van der Waals surface area contributed by atoms with Crippen LogP contribution in [-0.4, -0.2) is 40.0 Å². The lowest BCUT2D eigenvalue weighted by Gasteiger charge is -2.15. The monoisotopic (exact) mass is 536 g/mol. The molecule has 1 aromatic carbocycles. The highest BCUT2D eigenvalue weighted by atomic mass is 35.6. The van der Waals surface area contributed by atoms with Crippen molar-refractivity contribution in [2.24, 2.45) is 0 Å². The molecule has 2 aromatic rings. The average Bonchev–Trinajstić information content (AvgIpc) is 2.64. The molecule has 1 heterocycles. The van der Waals surface area contributed by atoms with Gasteiger partial charge in [-0.3, -0.25) is 9.59 Å². The van der Waals surface area contributed by atoms with Crippen LogP contribution in [0.15, 0.2) is 18.2 Å². The van der Waals surface area contributed by atoms with Gasteiger partial charge >= 0.3 is 5.97 Å². The average molecular weight is 539 g/mol. The van der Waals surface area contributed by atoms with Crippen molar-refractivity contribution in [2.45, 2.75) is 14.5 Å². The molecule has 1 N–H and O–H groups in total. The van der Waals surface area contributed by atoms with E-state index in [9.17, 15) is 14.0 Å². The number of halogens is 7. The second-order valence-electron chi connectivity index (χ2n) is 5.48. The number of amides is 1. The van der Waals surface area contributed by atoms with Gasteiger partial charge in [0.2, 0.25) is 7.59 Å². The van der Waals surface area contributed by atoms with Crippen molar-refractivity contribution >= 4 is 81.5 Å². The minimum absolute atomic E-state index is 0.0860. The zero-order valence-electron chi connectivity index (χ0n) is 14.9. The van der Waals surface area contributed by atoms with Gasteiger partial charge in [-0.2, -0.15) is 0 Å². The third-order valence-corrected chi connectivity index (χ3v) is 4.33. The standard InChI is InChI=1S/C16H11Cl6FN4O3/c1-2-30-10(28)6-24-12(29)8-4-3-7(5-9(8)23)11-25-13(15(17,18)19)27-14(26-11)16(20,21)22/h3-5H,2,6H2,1H3,(H,24,29). The first-order chi connectivity index (χ1) is 13.8. The summed E-state index contributed by atoms with van der Waals surface area (Å²) in [6.07, 6.45) is 0. The van der Waals surface area contributed by atoms with Crippen LogP contribution in [0.5, 0.6) is 0 Å². The van der Waals surface area contributed by atoms with Gasteiger partial charge in [-0.1, -0.05) is 75.7 Å². The summed E-state index contributed by atoms with van der Waals surface area (Å²) < 4.78 is 15.0. The zero-order valence-corrected chi connectivity index (χ0v) is 19.4. The highest BCUT2D eigenvalue weighted by molar-refractivity contribution is 6.67. The molecule has 30 heavy (non-hydrogen) atoms. The first-order valence-corrected chi connectivity index (χ1v) is 10.2. The van der Waals surface area contributed by atoms with E-state index in [0.717, 1.165) is 12.1 Å². The number of esters is 1. The molecule has 0 saturated carbocycles. The number of ether oxygens (including phenoxy) is 1. The molecule has 0 saturated heterocycles. The molecule has 0 aliphatic carbocycles. The molecule has 14 heteroatoms. The maximum Gasteiger partial charge on any atom is 0.325 e. The third-order valence-electron chi connectivity index (χ3n) is 3.31. The molecule has 1 amide bonds. The Kier molecular flexibility index (Phi) is 8.35. The summed E-state index contributed by atoms with van der Waals surface area (Å²) in [7, 11) is 0. The Labute approximate surface area is 200 Å². The number of alkyl halides is 6. The van der Waals surface area contributed by atoms with Crippen LogP contribution in [0.3, 0.4) is 0 Å². The highest BCUT2D eigenvalue weighted by Crippen LogP contribution is 2.40. The summed E-state index contributed by atoms with van der Waals surface area (Å²) in [5.74, 6) is -3.28. The summed E-state index contributed by atoms with van der Waals surface area (Å²) in [5.41, 5.74) is -0.247. The second-order valence-corrected chi connectivity index (χ2v) is 10.0. The van der Waals surface area contributed by atoms with Crippen molar-refractivity contribution in [3.8, 4) is 11.4 Å². The molecule has 0 aliphatic rings. The second kappa shape index (κ2) is 9.97. The normalized spacial score (nSPS) is 11.9. The zero-order chi connectivity index (χ0) is 22.7. The van der Waals surface area contributed by atoms with E-state index in [-0.39, 0.29) is 35.2 Å². The largest absolute Gasteiger partial charge is 0.465 e. The number of benzene rings is 1. The van der Waals surface area contributed by atoms with E-state index in [2.05, 4.69) is 25.0 Å². The molecule has 0 unspecified atom stereocenters. The number of rotatable bonds is 5. The third kappa shape index (κ3) is 6.67. The Morgan fingerprint density at radius 3 is 2.07 bits per heavy atom. The van der Waals surface area contributed by atoms with Crippen molar-refractivity contribution in [3.05, 3.63) is 41.2 Å². The molecular formula is C16H11Cl6FN4O3. The van der Waals surface area contributed by atoms with Crippen LogP contribution in [0, 0.1) is 5.82 Å². The molecule has 0 aliphatic heterocycles. The predicted octanol–water partition coefficient (Wildman–Crippen LogP) is 4.62. The maximum atomic E-state index is 14.5. The van der Waals surface area contributed by atoms with Crippen molar-refractivity contribution < 1.29 is 18.7 Å². The number of aromatic nitrogens is 3. The predicted molar refractivity (Wildman–Crippen MR) is 113 cm³/mol. The summed E-state index contributed by atoms with van der Waals surface area (Å²) >= 11 is 34.8. The molecular weight excluding hydrogens is 528 g/mol. The molecule has 2 rings (SSSR count). The molecule has 1 aromatic heterocycles. The van der Waals surface area contributed by atoms with E-state index >= 15 is 0 Å². The van der Waals surface area contributed by atoms with Crippen LogP contribution in [0.1, 0.15) is 28.9 Å². The first kappa shape index (κ1) is 25.1. The first-order valence-electron chi connectivity index (χ1n) is 7.97. The fourth-order valence-corrected chi connectivity index (χ4v) is 2.56. The van der Waals surface area contributed by atoms with Crippen molar-refractivity contribution in [1.82, 2.24) is 20.3 Å².